The summed E-state index contributed by atoms with van der Waals surface area (Å²) in [5, 5.41) is 56.4. The summed E-state index contributed by atoms with van der Waals surface area (Å²) >= 11 is 2.08. The number of carboxylic acids is 1. The standard InChI is InChI=1S/C72H97N19O20S2/c1-19-33(10)53(89-67(105)56-40(17)111-70(91-56)37(14)79-63(101)51(31(6)7)87-66(104)55-39(16)110-69(90-55)36(13)76-41(18)93)64(102)82-43(21-30(4)5)71-85-47(28-113-71)61(99)83-44(25-92)58(96)74-22-48(94)73-23-49-86-54(38(15)109-49)65(103)81-42(20-29(2)3)59(97)78-35(12)68-84-45(26-108-68)60(98)77-34(11)57(95)75-24-50-80-46(27-112-50)62(100)88-52(32(8)9)72(106)107/h26-34,36,42-44,51-53,92H,12,14,19-25H2,1-11,13,15-18H3,(H,73,94)(H,74,96)(H,75,95)(H,76,93)(H,77,98)(H,78,97)(H,79,101)(H,81,103)(H,82,102)(H,83,99)(H,87,104)(H,88,100)(H,89,105)(H,106,107). The van der Waals surface area contributed by atoms with Crippen LogP contribution in [0.15, 0.2) is 47.8 Å². The molecule has 9 atom stereocenters. The third-order valence-corrected chi connectivity index (χ3v) is 18.7. The van der Waals surface area contributed by atoms with Crippen LogP contribution in [0.3, 0.4) is 0 Å². The molecule has 0 spiro atoms. The van der Waals surface area contributed by atoms with Gasteiger partial charge in [0.1, 0.15) is 87.2 Å². The van der Waals surface area contributed by atoms with Crippen molar-refractivity contribution in [2.45, 2.75) is 191 Å². The lowest BCUT2D eigenvalue weighted by Gasteiger charge is -2.26. The quantitative estimate of drug-likeness (QED) is 0.0262. The van der Waals surface area contributed by atoms with Gasteiger partial charge in [0.15, 0.2) is 22.8 Å². The van der Waals surface area contributed by atoms with Crippen molar-refractivity contribution in [3.05, 3.63) is 115 Å². The van der Waals surface area contributed by atoms with E-state index < -0.39 is 156 Å². The number of hydrogen-bond donors (Lipinski definition) is 15. The Kier molecular flexibility index (Phi) is 32.6. The average molecular weight is 1610 g/mol. The molecule has 6 heterocycles. The molecule has 6 aromatic rings. The molecule has 0 saturated carbocycles. The van der Waals surface area contributed by atoms with E-state index in [9.17, 15) is 77.3 Å². The van der Waals surface area contributed by atoms with Crippen LogP contribution in [-0.4, -0.2) is 172 Å². The van der Waals surface area contributed by atoms with Crippen LogP contribution in [0.25, 0.3) is 11.4 Å². The average Bonchev–Trinajstić information content (AvgIpc) is 1.72. The molecule has 41 heteroatoms. The number of amides is 13. The Hall–Kier alpha value is -11.9. The number of carbonyl (C=O) groups is 14. The van der Waals surface area contributed by atoms with Crippen molar-refractivity contribution in [3.63, 3.8) is 0 Å². The maximum atomic E-state index is 14.3. The summed E-state index contributed by atoms with van der Waals surface area (Å²) in [6, 6.07) is -8.77. The summed E-state index contributed by atoms with van der Waals surface area (Å²) in [4.78, 5) is 210. The summed E-state index contributed by atoms with van der Waals surface area (Å²) in [5.74, 6) is -12.6. The number of hydrogen-bond acceptors (Lipinski definition) is 27. The van der Waals surface area contributed by atoms with Gasteiger partial charge < -0.3 is 97.0 Å². The van der Waals surface area contributed by atoms with Crippen molar-refractivity contribution in [2.24, 2.45) is 29.6 Å². The number of aliphatic hydroxyl groups is 1. The van der Waals surface area contributed by atoms with Crippen molar-refractivity contribution in [3.8, 4) is 0 Å². The van der Waals surface area contributed by atoms with Crippen LogP contribution >= 0.6 is 22.7 Å². The molecule has 6 aromatic heterocycles. The lowest BCUT2D eigenvalue weighted by atomic mass is 9.97. The first-order chi connectivity index (χ1) is 53.1. The van der Waals surface area contributed by atoms with E-state index >= 15 is 0 Å². The molecule has 0 fully saturated rings. The molecule has 0 radical (unpaired) electrons. The van der Waals surface area contributed by atoms with Crippen LogP contribution in [0.1, 0.15) is 235 Å². The lowest BCUT2D eigenvalue weighted by Crippen LogP contribution is -2.51. The van der Waals surface area contributed by atoms with Gasteiger partial charge in [-0.1, -0.05) is 88.8 Å². The van der Waals surface area contributed by atoms with Gasteiger partial charge in [-0.25, -0.2) is 34.7 Å². The maximum absolute atomic E-state index is 14.3. The first-order valence-corrected chi connectivity index (χ1v) is 37.7. The smallest absolute Gasteiger partial charge is 0.326 e. The minimum absolute atomic E-state index is 0.00858. The SMILES string of the molecule is C=C(NC(=O)C(CC(C)C)NC(=O)c1nc(CNC(=O)CNC(=O)C(CO)NC(=O)c2csc(C(CC(C)C)NC(=O)C(NC(=O)c3nc(C(=C)NC(=O)C(NC(=O)c4nc(C(C)NC(C)=O)oc4C)C(C)C)oc3C)C(C)CC)n2)oc1C)c1nc(C(=O)NC(C)C(=O)NCc2nc(C(=O)NC(C(=O)O)C(C)C)cs2)co1. The summed E-state index contributed by atoms with van der Waals surface area (Å²) in [5.41, 5.74) is -1.40. The van der Waals surface area contributed by atoms with Crippen molar-refractivity contribution < 1.29 is 95.0 Å². The number of thiazole rings is 2. The molecule has 0 aliphatic carbocycles. The zero-order valence-electron chi connectivity index (χ0n) is 65.3. The normalized spacial score (nSPS) is 13.7. The van der Waals surface area contributed by atoms with Crippen molar-refractivity contribution in [1.29, 1.82) is 0 Å². The number of rotatable bonds is 41. The molecule has 6 rings (SSSR count). The molecule has 9 unspecified atom stereocenters. The highest BCUT2D eigenvalue weighted by Gasteiger charge is 2.36. The molecule has 39 nitrogen and oxygen atoms in total. The number of carbonyl (C=O) groups excluding carboxylic acids is 13. The van der Waals surface area contributed by atoms with Gasteiger partial charge in [-0.2, -0.15) is 0 Å². The third-order valence-electron chi connectivity index (χ3n) is 16.9. The maximum Gasteiger partial charge on any atom is 0.326 e. The van der Waals surface area contributed by atoms with Gasteiger partial charge in [-0.05, 0) is 77.0 Å². The van der Waals surface area contributed by atoms with Crippen LogP contribution in [-0.2, 0) is 51.4 Å². The predicted octanol–water partition coefficient (Wildman–Crippen LogP) is 2.99. The van der Waals surface area contributed by atoms with Gasteiger partial charge in [0.2, 0.25) is 64.9 Å². The third kappa shape index (κ3) is 25.6. The van der Waals surface area contributed by atoms with Gasteiger partial charge in [0, 0.05) is 17.7 Å². The minimum Gasteiger partial charge on any atom is -0.480 e. The highest BCUT2D eigenvalue weighted by atomic mass is 32.1. The van der Waals surface area contributed by atoms with Crippen LogP contribution in [0.2, 0.25) is 0 Å². The van der Waals surface area contributed by atoms with E-state index in [2.05, 4.69) is 112 Å². The Bertz CT molecular complexity index is 4520. The Balaban J connectivity index is 0.966. The number of aliphatic carboxylic acids is 1. The van der Waals surface area contributed by atoms with Gasteiger partial charge in [-0.3, -0.25) is 62.3 Å². The molecule has 13 amide bonds. The van der Waals surface area contributed by atoms with E-state index in [1.807, 2.05) is 20.8 Å². The lowest BCUT2D eigenvalue weighted by molar-refractivity contribution is -0.140. The van der Waals surface area contributed by atoms with Crippen LogP contribution < -0.4 is 69.1 Å². The van der Waals surface area contributed by atoms with Gasteiger partial charge in [0.25, 0.3) is 35.4 Å². The second kappa shape index (κ2) is 40.9. The highest BCUT2D eigenvalue weighted by molar-refractivity contribution is 7.10. The number of carboxylic acid groups (broad SMARTS) is 1. The second-order valence-electron chi connectivity index (χ2n) is 28.0. The van der Waals surface area contributed by atoms with E-state index in [4.69, 9.17) is 17.7 Å². The van der Waals surface area contributed by atoms with E-state index in [0.29, 0.717) is 17.8 Å². The van der Waals surface area contributed by atoms with Gasteiger partial charge >= 0.3 is 5.97 Å². The molecular formula is C72H97N19O20S2. The summed E-state index contributed by atoms with van der Waals surface area (Å²) in [7, 11) is 0. The van der Waals surface area contributed by atoms with E-state index in [-0.39, 0.29) is 129 Å². The number of aromatic nitrogens is 6. The summed E-state index contributed by atoms with van der Waals surface area (Å²) in [6.07, 6.45) is 1.82. The van der Waals surface area contributed by atoms with Crippen molar-refractivity contribution in [2.75, 3.05) is 13.2 Å². The first kappa shape index (κ1) is 90.0. The minimum atomic E-state index is -1.58. The molecule has 0 aliphatic heterocycles. The van der Waals surface area contributed by atoms with E-state index in [1.54, 1.807) is 55.4 Å². The fourth-order valence-corrected chi connectivity index (χ4v) is 12.2. The largest absolute Gasteiger partial charge is 0.480 e. The fraction of sp³-hybridized carbons (Fsp3) is 0.500. The fourth-order valence-electron chi connectivity index (χ4n) is 10.7. The summed E-state index contributed by atoms with van der Waals surface area (Å²) < 4.78 is 22.4. The Morgan fingerprint density at radius 3 is 1.67 bits per heavy atom. The number of aryl methyl sites for hydroxylation is 3. The van der Waals surface area contributed by atoms with E-state index in [1.165, 1.54) is 45.4 Å². The number of nitrogens with one attached hydrogen (secondary N) is 13. The number of oxazole rings is 4. The predicted molar refractivity (Wildman–Crippen MR) is 405 cm³/mol. The zero-order chi connectivity index (χ0) is 84.2. The molecule has 612 valence electrons. The topological polar surface area (TPSA) is 566 Å². The number of aliphatic hydroxyl groups excluding tert-OH is 1. The molecule has 15 N–H and O–H groups in total. The first-order valence-electron chi connectivity index (χ1n) is 35.9. The monoisotopic (exact) mass is 1610 g/mol. The van der Waals surface area contributed by atoms with Gasteiger partial charge in [-0.15, -0.1) is 22.7 Å². The summed E-state index contributed by atoms with van der Waals surface area (Å²) in [6.45, 7) is 31.9. The Labute approximate surface area is 657 Å². The Morgan fingerprint density at radius 1 is 0.504 bits per heavy atom. The molecule has 0 aliphatic rings. The van der Waals surface area contributed by atoms with Crippen LogP contribution in [0.4, 0.5) is 0 Å². The Morgan fingerprint density at radius 2 is 1.05 bits per heavy atom. The molecule has 0 aromatic carbocycles. The molecular weight excluding hydrogens is 1520 g/mol. The molecule has 0 saturated heterocycles. The van der Waals surface area contributed by atoms with Crippen LogP contribution in [0, 0.1) is 50.4 Å². The van der Waals surface area contributed by atoms with Crippen LogP contribution in [0.5, 0.6) is 0 Å². The van der Waals surface area contributed by atoms with E-state index in [0.717, 1.165) is 28.9 Å². The zero-order valence-corrected chi connectivity index (χ0v) is 67.0. The van der Waals surface area contributed by atoms with Gasteiger partial charge in [0.05, 0.1) is 43.7 Å². The van der Waals surface area contributed by atoms with Crippen molar-refractivity contribution >= 4 is 117 Å². The molecule has 113 heavy (non-hydrogen) atoms. The van der Waals surface area contributed by atoms with Crippen molar-refractivity contribution in [1.82, 2.24) is 99.0 Å². The number of nitrogens with zero attached hydrogens (tertiary/aromatic N) is 6. The molecule has 0 bridgehead atoms. The second-order valence-corrected chi connectivity index (χ2v) is 29.8. The highest BCUT2D eigenvalue weighted by Crippen LogP contribution is 2.27.